The monoisotopic (exact) mass is 369 g/mol. The summed E-state index contributed by atoms with van der Waals surface area (Å²) in [5, 5.41) is 16.6. The zero-order valence-electron chi connectivity index (χ0n) is 15.1. The molecule has 1 saturated carbocycles. The number of fused-ring (bicyclic) bond motifs is 1. The molecule has 1 amide bonds. The first kappa shape index (κ1) is 17.5. The van der Waals surface area contributed by atoms with Crippen LogP contribution in [0.4, 0.5) is 5.82 Å². The number of carboxylic acid groups (broad SMARTS) is 1. The summed E-state index contributed by atoms with van der Waals surface area (Å²) in [6.07, 6.45) is 5.66. The van der Waals surface area contributed by atoms with Crippen molar-refractivity contribution in [3.05, 3.63) is 41.3 Å². The summed E-state index contributed by atoms with van der Waals surface area (Å²) in [7, 11) is 0. The standard InChI is InChI=1S/C19H23N5O3/c25-18(13-3-1-2-4-13)21-11-15-9-16-12-23(7-8-24(16)22-15)17-6-5-14(10-20-17)19(26)27/h5-6,9-10,13H,1-4,7-8,11-12H2,(H,21,25)(H,26,27). The third kappa shape index (κ3) is 3.79. The Morgan fingerprint density at radius 2 is 2.04 bits per heavy atom. The molecule has 0 aromatic carbocycles. The lowest BCUT2D eigenvalue weighted by Crippen LogP contribution is -2.34. The van der Waals surface area contributed by atoms with Crippen LogP contribution in [0.15, 0.2) is 24.4 Å². The van der Waals surface area contributed by atoms with Crippen LogP contribution in [0.5, 0.6) is 0 Å². The van der Waals surface area contributed by atoms with E-state index in [4.69, 9.17) is 5.11 Å². The van der Waals surface area contributed by atoms with E-state index in [1.165, 1.54) is 6.20 Å². The Balaban J connectivity index is 1.38. The average molecular weight is 369 g/mol. The Labute approximate surface area is 157 Å². The SMILES string of the molecule is O=C(O)c1ccc(N2CCn3nc(CNC(=O)C4CCCC4)cc3C2)nc1. The van der Waals surface area contributed by atoms with Gasteiger partial charge in [0, 0.05) is 18.7 Å². The molecule has 8 heteroatoms. The van der Waals surface area contributed by atoms with Gasteiger partial charge in [0.15, 0.2) is 0 Å². The number of rotatable bonds is 5. The fraction of sp³-hybridized carbons (Fsp3) is 0.474. The highest BCUT2D eigenvalue weighted by atomic mass is 16.4. The second kappa shape index (κ2) is 7.38. The van der Waals surface area contributed by atoms with Crippen LogP contribution in [-0.4, -0.2) is 38.3 Å². The van der Waals surface area contributed by atoms with E-state index in [2.05, 4.69) is 20.3 Å². The molecule has 2 aromatic rings. The Hall–Kier alpha value is -2.90. The molecule has 0 saturated heterocycles. The number of nitrogens with one attached hydrogen (secondary N) is 1. The molecule has 0 radical (unpaired) electrons. The van der Waals surface area contributed by atoms with Crippen molar-refractivity contribution in [2.75, 3.05) is 11.4 Å². The van der Waals surface area contributed by atoms with Gasteiger partial charge in [-0.05, 0) is 31.0 Å². The minimum Gasteiger partial charge on any atom is -0.478 e. The largest absolute Gasteiger partial charge is 0.478 e. The average Bonchev–Trinajstić information content (AvgIpc) is 3.35. The van der Waals surface area contributed by atoms with Gasteiger partial charge in [0.1, 0.15) is 5.82 Å². The van der Waals surface area contributed by atoms with Crippen LogP contribution >= 0.6 is 0 Å². The van der Waals surface area contributed by atoms with Crippen LogP contribution in [0.25, 0.3) is 0 Å². The predicted octanol–water partition coefficient (Wildman–Crippen LogP) is 1.80. The van der Waals surface area contributed by atoms with Gasteiger partial charge in [0.05, 0.1) is 36.6 Å². The van der Waals surface area contributed by atoms with Crippen molar-refractivity contribution in [1.82, 2.24) is 20.1 Å². The smallest absolute Gasteiger partial charge is 0.337 e. The predicted molar refractivity (Wildman–Crippen MR) is 98.3 cm³/mol. The van der Waals surface area contributed by atoms with Crippen LogP contribution in [0.2, 0.25) is 0 Å². The molecule has 3 heterocycles. The Morgan fingerprint density at radius 3 is 2.74 bits per heavy atom. The van der Waals surface area contributed by atoms with Crippen molar-refractivity contribution in [2.45, 2.75) is 45.3 Å². The molecular formula is C19H23N5O3. The number of carbonyl (C=O) groups is 2. The molecule has 1 aliphatic carbocycles. The molecule has 2 N–H and O–H groups in total. The molecule has 0 spiro atoms. The van der Waals surface area contributed by atoms with Crippen molar-refractivity contribution >= 4 is 17.7 Å². The second-order valence-corrected chi connectivity index (χ2v) is 7.18. The molecule has 2 aliphatic rings. The van der Waals surface area contributed by atoms with Crippen LogP contribution in [0.3, 0.4) is 0 Å². The maximum atomic E-state index is 12.2. The van der Waals surface area contributed by atoms with Gasteiger partial charge in [-0.1, -0.05) is 12.8 Å². The minimum atomic E-state index is -0.977. The number of hydrogen-bond acceptors (Lipinski definition) is 5. The molecule has 0 unspecified atom stereocenters. The molecule has 0 atom stereocenters. The second-order valence-electron chi connectivity index (χ2n) is 7.18. The van der Waals surface area contributed by atoms with Crippen LogP contribution in [-0.2, 0) is 24.4 Å². The van der Waals surface area contributed by atoms with Gasteiger partial charge in [0.25, 0.3) is 0 Å². The third-order valence-electron chi connectivity index (χ3n) is 5.34. The van der Waals surface area contributed by atoms with E-state index in [-0.39, 0.29) is 17.4 Å². The number of pyridine rings is 1. The number of anilines is 1. The lowest BCUT2D eigenvalue weighted by atomic mass is 10.1. The number of nitrogens with zero attached hydrogens (tertiary/aromatic N) is 4. The Morgan fingerprint density at radius 1 is 1.22 bits per heavy atom. The van der Waals surface area contributed by atoms with E-state index >= 15 is 0 Å². The zero-order chi connectivity index (χ0) is 18.8. The molecule has 27 heavy (non-hydrogen) atoms. The van der Waals surface area contributed by atoms with E-state index < -0.39 is 5.97 Å². The molecule has 142 valence electrons. The number of aromatic carboxylic acids is 1. The summed E-state index contributed by atoms with van der Waals surface area (Å²) in [6.45, 7) is 2.60. The van der Waals surface area contributed by atoms with Gasteiger partial charge in [0.2, 0.25) is 5.91 Å². The maximum Gasteiger partial charge on any atom is 0.337 e. The third-order valence-corrected chi connectivity index (χ3v) is 5.34. The Kier molecular flexibility index (Phi) is 4.79. The highest BCUT2D eigenvalue weighted by Gasteiger charge is 2.23. The van der Waals surface area contributed by atoms with Gasteiger partial charge in [-0.2, -0.15) is 5.10 Å². The van der Waals surface area contributed by atoms with Gasteiger partial charge in [-0.25, -0.2) is 9.78 Å². The lowest BCUT2D eigenvalue weighted by molar-refractivity contribution is -0.125. The highest BCUT2D eigenvalue weighted by Crippen LogP contribution is 2.25. The van der Waals surface area contributed by atoms with Crippen molar-refractivity contribution < 1.29 is 14.7 Å². The number of amides is 1. The normalized spacial score (nSPS) is 17.0. The highest BCUT2D eigenvalue weighted by molar-refractivity contribution is 5.87. The summed E-state index contributed by atoms with van der Waals surface area (Å²) in [5.74, 6) is 0.0824. The fourth-order valence-corrected chi connectivity index (χ4v) is 3.82. The molecular weight excluding hydrogens is 346 g/mol. The van der Waals surface area contributed by atoms with Crippen LogP contribution < -0.4 is 10.2 Å². The quantitative estimate of drug-likeness (QED) is 0.834. The summed E-state index contributed by atoms with van der Waals surface area (Å²) in [4.78, 5) is 29.5. The lowest BCUT2D eigenvalue weighted by Gasteiger charge is -2.28. The minimum absolute atomic E-state index is 0.141. The fourth-order valence-electron chi connectivity index (χ4n) is 3.82. The molecule has 1 fully saturated rings. The summed E-state index contributed by atoms with van der Waals surface area (Å²) >= 11 is 0. The van der Waals surface area contributed by atoms with Crippen molar-refractivity contribution in [1.29, 1.82) is 0 Å². The molecule has 2 aromatic heterocycles. The first-order chi connectivity index (χ1) is 13.1. The number of carbonyl (C=O) groups excluding carboxylic acids is 1. The van der Waals surface area contributed by atoms with Gasteiger partial charge >= 0.3 is 5.97 Å². The van der Waals surface area contributed by atoms with Crippen LogP contribution in [0.1, 0.15) is 47.4 Å². The van der Waals surface area contributed by atoms with E-state index in [1.807, 2.05) is 10.7 Å². The van der Waals surface area contributed by atoms with E-state index in [9.17, 15) is 9.59 Å². The number of carboxylic acids is 1. The molecule has 8 nitrogen and oxygen atoms in total. The molecule has 1 aliphatic heterocycles. The first-order valence-electron chi connectivity index (χ1n) is 9.38. The van der Waals surface area contributed by atoms with Crippen molar-refractivity contribution in [3.8, 4) is 0 Å². The van der Waals surface area contributed by atoms with Crippen molar-refractivity contribution in [3.63, 3.8) is 0 Å². The van der Waals surface area contributed by atoms with Crippen LogP contribution in [0, 0.1) is 5.92 Å². The molecule has 0 bridgehead atoms. The number of hydrogen-bond donors (Lipinski definition) is 2. The number of aromatic nitrogens is 3. The summed E-state index contributed by atoms with van der Waals surface area (Å²) in [5.41, 5.74) is 2.11. The summed E-state index contributed by atoms with van der Waals surface area (Å²) in [6, 6.07) is 5.32. The summed E-state index contributed by atoms with van der Waals surface area (Å²) < 4.78 is 1.97. The Bertz CT molecular complexity index is 840. The van der Waals surface area contributed by atoms with Gasteiger partial charge < -0.3 is 15.3 Å². The van der Waals surface area contributed by atoms with Gasteiger partial charge in [-0.15, -0.1) is 0 Å². The molecule has 4 rings (SSSR count). The first-order valence-corrected chi connectivity index (χ1v) is 9.38. The maximum absolute atomic E-state index is 12.2. The van der Waals surface area contributed by atoms with E-state index in [0.717, 1.165) is 56.0 Å². The topological polar surface area (TPSA) is 100 Å². The van der Waals surface area contributed by atoms with Gasteiger partial charge in [-0.3, -0.25) is 9.48 Å². The van der Waals surface area contributed by atoms with E-state index in [1.54, 1.807) is 12.1 Å². The zero-order valence-corrected chi connectivity index (χ0v) is 15.1. The van der Waals surface area contributed by atoms with E-state index in [0.29, 0.717) is 13.1 Å². The van der Waals surface area contributed by atoms with Crippen molar-refractivity contribution in [2.24, 2.45) is 5.92 Å².